The molecule has 0 radical (unpaired) electrons. The number of benzene rings is 1. The Kier molecular flexibility index (Phi) is 6.12. The first kappa shape index (κ1) is 18.0. The zero-order valence-corrected chi connectivity index (χ0v) is 15.3. The standard InChI is InChI=1S/C18H23N3O3S/c1-13(24-12-14-6-5-11-23-14)17(22)20-15-7-3-4-8-16(15)25-18-19-9-10-21(18)2/h3-4,7-10,13-14H,5-6,11-12H2,1-2H3,(H,20,22). The fraction of sp³-hybridized carbons (Fsp3) is 0.444. The van der Waals surface area contributed by atoms with E-state index in [9.17, 15) is 4.79 Å². The molecule has 1 aliphatic heterocycles. The molecule has 0 bridgehead atoms. The molecule has 1 aromatic heterocycles. The molecule has 1 aromatic carbocycles. The number of para-hydroxylation sites is 1. The number of carbonyl (C=O) groups is 1. The molecule has 0 saturated carbocycles. The van der Waals surface area contributed by atoms with Gasteiger partial charge in [-0.25, -0.2) is 4.98 Å². The number of nitrogens with zero attached hydrogens (tertiary/aromatic N) is 2. The Morgan fingerprint density at radius 2 is 2.36 bits per heavy atom. The third kappa shape index (κ3) is 4.84. The lowest BCUT2D eigenvalue weighted by molar-refractivity contribution is -0.128. The molecule has 1 N–H and O–H groups in total. The SMILES string of the molecule is CC(OCC1CCCO1)C(=O)Nc1ccccc1Sc1nccn1C. The van der Waals surface area contributed by atoms with Gasteiger partial charge >= 0.3 is 0 Å². The van der Waals surface area contributed by atoms with Crippen molar-refractivity contribution in [1.29, 1.82) is 0 Å². The highest BCUT2D eigenvalue weighted by atomic mass is 32.2. The van der Waals surface area contributed by atoms with E-state index in [-0.39, 0.29) is 12.0 Å². The number of hydrogen-bond donors (Lipinski definition) is 1. The van der Waals surface area contributed by atoms with Crippen LogP contribution in [0.5, 0.6) is 0 Å². The number of anilines is 1. The normalized spacial score (nSPS) is 18.2. The zero-order valence-electron chi connectivity index (χ0n) is 14.5. The van der Waals surface area contributed by atoms with Crippen molar-refractivity contribution in [3.8, 4) is 0 Å². The highest BCUT2D eigenvalue weighted by Gasteiger charge is 2.20. The minimum atomic E-state index is -0.532. The Morgan fingerprint density at radius 1 is 1.52 bits per heavy atom. The molecule has 1 aliphatic rings. The maximum atomic E-state index is 12.4. The average molecular weight is 361 g/mol. The van der Waals surface area contributed by atoms with E-state index >= 15 is 0 Å². The van der Waals surface area contributed by atoms with Crippen molar-refractivity contribution < 1.29 is 14.3 Å². The molecule has 1 fully saturated rings. The van der Waals surface area contributed by atoms with E-state index in [2.05, 4.69) is 10.3 Å². The minimum absolute atomic E-state index is 0.113. The number of hydrogen-bond acceptors (Lipinski definition) is 5. The second kappa shape index (κ2) is 8.51. The predicted molar refractivity (Wildman–Crippen MR) is 96.8 cm³/mol. The van der Waals surface area contributed by atoms with Crippen molar-refractivity contribution in [3.63, 3.8) is 0 Å². The lowest BCUT2D eigenvalue weighted by atomic mass is 10.2. The first-order valence-corrected chi connectivity index (χ1v) is 9.23. The number of aromatic nitrogens is 2. The van der Waals surface area contributed by atoms with Gasteiger partial charge in [-0.3, -0.25) is 4.79 Å². The fourth-order valence-corrected chi connectivity index (χ4v) is 3.44. The van der Waals surface area contributed by atoms with Crippen molar-refractivity contribution in [2.45, 2.75) is 42.0 Å². The van der Waals surface area contributed by atoms with Gasteiger partial charge in [0.1, 0.15) is 6.10 Å². The summed E-state index contributed by atoms with van der Waals surface area (Å²) < 4.78 is 13.1. The lowest BCUT2D eigenvalue weighted by Crippen LogP contribution is -2.30. The second-order valence-corrected chi connectivity index (χ2v) is 7.03. The molecule has 1 amide bonds. The molecule has 134 valence electrons. The Bertz CT molecular complexity index is 713. The summed E-state index contributed by atoms with van der Waals surface area (Å²) in [6, 6.07) is 7.69. The number of nitrogens with one attached hydrogen (secondary N) is 1. The molecule has 2 aromatic rings. The van der Waals surface area contributed by atoms with Gasteiger partial charge in [-0.1, -0.05) is 12.1 Å². The van der Waals surface area contributed by atoms with Gasteiger partial charge in [-0.05, 0) is 43.7 Å². The van der Waals surface area contributed by atoms with Gasteiger partial charge in [0.05, 0.1) is 18.4 Å². The van der Waals surface area contributed by atoms with E-state index in [4.69, 9.17) is 9.47 Å². The molecule has 1 saturated heterocycles. The van der Waals surface area contributed by atoms with E-state index in [0.29, 0.717) is 6.61 Å². The van der Waals surface area contributed by atoms with E-state index < -0.39 is 6.10 Å². The van der Waals surface area contributed by atoms with Gasteiger partial charge in [-0.2, -0.15) is 0 Å². The molecule has 25 heavy (non-hydrogen) atoms. The summed E-state index contributed by atoms with van der Waals surface area (Å²) in [4.78, 5) is 17.7. The third-order valence-electron chi connectivity index (χ3n) is 4.05. The quantitative estimate of drug-likeness (QED) is 0.821. The Morgan fingerprint density at radius 3 is 3.08 bits per heavy atom. The molecule has 2 atom stereocenters. The van der Waals surface area contributed by atoms with Crippen molar-refractivity contribution in [3.05, 3.63) is 36.7 Å². The maximum Gasteiger partial charge on any atom is 0.253 e. The fourth-order valence-electron chi connectivity index (χ4n) is 2.55. The molecule has 0 spiro atoms. The number of amides is 1. The summed E-state index contributed by atoms with van der Waals surface area (Å²) in [7, 11) is 1.94. The highest BCUT2D eigenvalue weighted by molar-refractivity contribution is 7.99. The van der Waals surface area contributed by atoms with Crippen LogP contribution in [0.2, 0.25) is 0 Å². The topological polar surface area (TPSA) is 65.4 Å². The van der Waals surface area contributed by atoms with Crippen LogP contribution in [0.4, 0.5) is 5.69 Å². The monoisotopic (exact) mass is 361 g/mol. The minimum Gasteiger partial charge on any atom is -0.376 e. The van der Waals surface area contributed by atoms with Gasteiger partial charge in [0.25, 0.3) is 5.91 Å². The van der Waals surface area contributed by atoms with Crippen LogP contribution in [-0.4, -0.2) is 40.9 Å². The number of ether oxygens (including phenoxy) is 2. The van der Waals surface area contributed by atoms with Crippen LogP contribution >= 0.6 is 11.8 Å². The van der Waals surface area contributed by atoms with Crippen LogP contribution in [0, 0.1) is 0 Å². The van der Waals surface area contributed by atoms with Crippen LogP contribution in [0.3, 0.4) is 0 Å². The third-order valence-corrected chi connectivity index (χ3v) is 5.20. The summed E-state index contributed by atoms with van der Waals surface area (Å²) in [5, 5.41) is 3.82. The summed E-state index contributed by atoms with van der Waals surface area (Å²) in [6.45, 7) is 3.00. The molecular formula is C18H23N3O3S. The zero-order chi connectivity index (χ0) is 17.6. The van der Waals surface area contributed by atoms with Gasteiger partial charge < -0.3 is 19.4 Å². The highest BCUT2D eigenvalue weighted by Crippen LogP contribution is 2.32. The van der Waals surface area contributed by atoms with Crippen LogP contribution in [0.15, 0.2) is 46.7 Å². The molecule has 0 aliphatic carbocycles. The molecule has 2 heterocycles. The summed E-state index contributed by atoms with van der Waals surface area (Å²) >= 11 is 1.51. The van der Waals surface area contributed by atoms with Crippen molar-refractivity contribution >= 4 is 23.4 Å². The van der Waals surface area contributed by atoms with E-state index in [1.807, 2.05) is 42.1 Å². The molecule has 2 unspecified atom stereocenters. The summed E-state index contributed by atoms with van der Waals surface area (Å²) in [5.74, 6) is -0.161. The average Bonchev–Trinajstić information content (AvgIpc) is 3.26. The molecule has 3 rings (SSSR count). The van der Waals surface area contributed by atoms with Gasteiger partial charge in [0.2, 0.25) is 0 Å². The Balaban J connectivity index is 1.59. The molecule has 7 heteroatoms. The summed E-state index contributed by atoms with van der Waals surface area (Å²) in [6.07, 6.45) is 5.29. The number of imidazole rings is 1. The maximum absolute atomic E-state index is 12.4. The molecular weight excluding hydrogens is 338 g/mol. The lowest BCUT2D eigenvalue weighted by Gasteiger charge is -2.17. The van der Waals surface area contributed by atoms with Gasteiger partial charge in [0, 0.05) is 30.9 Å². The predicted octanol–water partition coefficient (Wildman–Crippen LogP) is 3.09. The van der Waals surface area contributed by atoms with Gasteiger partial charge in [0.15, 0.2) is 5.16 Å². The van der Waals surface area contributed by atoms with Crippen LogP contribution in [-0.2, 0) is 21.3 Å². The van der Waals surface area contributed by atoms with Crippen LogP contribution in [0.1, 0.15) is 19.8 Å². The number of aryl methyl sites for hydroxylation is 1. The van der Waals surface area contributed by atoms with Crippen molar-refractivity contribution in [1.82, 2.24) is 9.55 Å². The number of carbonyl (C=O) groups excluding carboxylic acids is 1. The van der Waals surface area contributed by atoms with Crippen LogP contribution < -0.4 is 5.32 Å². The van der Waals surface area contributed by atoms with E-state index in [1.165, 1.54) is 11.8 Å². The van der Waals surface area contributed by atoms with Crippen LogP contribution in [0.25, 0.3) is 0 Å². The molecule has 6 nitrogen and oxygen atoms in total. The van der Waals surface area contributed by atoms with E-state index in [1.54, 1.807) is 13.1 Å². The Hall–Kier alpha value is -1.83. The largest absolute Gasteiger partial charge is 0.376 e. The van der Waals surface area contributed by atoms with E-state index in [0.717, 1.165) is 35.2 Å². The van der Waals surface area contributed by atoms with Crippen molar-refractivity contribution in [2.75, 3.05) is 18.5 Å². The first-order valence-electron chi connectivity index (χ1n) is 8.42. The second-order valence-electron chi connectivity index (χ2n) is 6.02. The summed E-state index contributed by atoms with van der Waals surface area (Å²) in [5.41, 5.74) is 0.757. The smallest absolute Gasteiger partial charge is 0.253 e. The van der Waals surface area contributed by atoms with Crippen molar-refractivity contribution in [2.24, 2.45) is 7.05 Å². The van der Waals surface area contributed by atoms with Gasteiger partial charge in [-0.15, -0.1) is 0 Å². The number of rotatable bonds is 7. The Labute approximate surface area is 151 Å². The first-order chi connectivity index (χ1) is 12.1.